The molecule has 0 bridgehead atoms. The summed E-state index contributed by atoms with van der Waals surface area (Å²) in [7, 11) is 0. The molecule has 134 valence electrons. The van der Waals surface area contributed by atoms with Gasteiger partial charge in [0, 0.05) is 5.92 Å². The predicted molar refractivity (Wildman–Crippen MR) is 105 cm³/mol. The van der Waals surface area contributed by atoms with Crippen molar-refractivity contribution in [3.8, 4) is 0 Å². The van der Waals surface area contributed by atoms with Gasteiger partial charge in [0.25, 0.3) is 5.24 Å². The Balaban J connectivity index is 1.47. The first-order chi connectivity index (χ1) is 12.6. The van der Waals surface area contributed by atoms with E-state index in [0.717, 1.165) is 36.6 Å². The lowest BCUT2D eigenvalue weighted by Crippen LogP contribution is -2.27. The number of aryl methyl sites for hydroxylation is 1. The van der Waals surface area contributed by atoms with Crippen LogP contribution in [0.15, 0.2) is 48.5 Å². The third-order valence-electron chi connectivity index (χ3n) is 5.63. The van der Waals surface area contributed by atoms with Crippen molar-refractivity contribution in [1.29, 1.82) is 0 Å². The highest BCUT2D eigenvalue weighted by Crippen LogP contribution is 2.35. The average molecular weight is 365 g/mol. The van der Waals surface area contributed by atoms with Crippen LogP contribution in [0, 0.1) is 5.92 Å². The number of hydrogen-bond donors (Lipinski definition) is 1. The molecule has 3 atom stereocenters. The number of nitrogens with one attached hydrogen (secondary N) is 1. The Hall–Kier alpha value is -2.07. The van der Waals surface area contributed by atoms with Crippen LogP contribution in [0.25, 0.3) is 0 Å². The smallest absolute Gasteiger partial charge is 0.286 e. The van der Waals surface area contributed by atoms with E-state index in [9.17, 15) is 9.59 Å². The number of carbonyl (C=O) groups excluding carboxylic acids is 2. The first-order valence-electron chi connectivity index (χ1n) is 9.27. The minimum atomic E-state index is -0.310. The molecule has 4 rings (SSSR count). The number of carbonyl (C=O) groups is 2. The topological polar surface area (TPSA) is 46.2 Å². The molecule has 26 heavy (non-hydrogen) atoms. The van der Waals surface area contributed by atoms with Gasteiger partial charge in [-0.2, -0.15) is 0 Å². The molecule has 2 aromatic rings. The van der Waals surface area contributed by atoms with E-state index in [2.05, 4.69) is 53.8 Å². The van der Waals surface area contributed by atoms with Crippen LogP contribution < -0.4 is 5.32 Å². The third-order valence-corrected chi connectivity index (χ3v) is 6.82. The Kier molecular flexibility index (Phi) is 4.86. The number of rotatable bonds is 4. The predicted octanol–water partition coefficient (Wildman–Crippen LogP) is 4.49. The summed E-state index contributed by atoms with van der Waals surface area (Å²) >= 11 is 1.12. The first kappa shape index (κ1) is 17.3. The number of benzene rings is 2. The zero-order chi connectivity index (χ0) is 18.1. The van der Waals surface area contributed by atoms with E-state index in [1.807, 2.05) is 6.92 Å². The van der Waals surface area contributed by atoms with E-state index in [1.165, 1.54) is 23.1 Å². The van der Waals surface area contributed by atoms with Gasteiger partial charge in [0.05, 0.1) is 5.25 Å². The molecule has 2 aromatic carbocycles. The van der Waals surface area contributed by atoms with Crippen molar-refractivity contribution >= 4 is 22.9 Å². The molecule has 0 aromatic heterocycles. The number of thioether (sulfide) groups is 1. The summed E-state index contributed by atoms with van der Waals surface area (Å²) in [4.78, 5) is 23.4. The van der Waals surface area contributed by atoms with Crippen LogP contribution in [0.2, 0.25) is 0 Å². The van der Waals surface area contributed by atoms with E-state index in [-0.39, 0.29) is 22.3 Å². The Labute approximate surface area is 158 Å². The van der Waals surface area contributed by atoms with Crippen molar-refractivity contribution in [2.75, 3.05) is 0 Å². The van der Waals surface area contributed by atoms with Crippen LogP contribution in [0.1, 0.15) is 41.5 Å². The Morgan fingerprint density at radius 2 is 1.92 bits per heavy atom. The second-order valence-corrected chi connectivity index (χ2v) is 8.54. The fraction of sp³-hybridized carbons (Fsp3) is 0.364. The van der Waals surface area contributed by atoms with Crippen molar-refractivity contribution in [2.45, 2.75) is 43.8 Å². The van der Waals surface area contributed by atoms with Crippen LogP contribution in [0.4, 0.5) is 4.79 Å². The van der Waals surface area contributed by atoms with Gasteiger partial charge in [-0.15, -0.1) is 0 Å². The third kappa shape index (κ3) is 3.56. The lowest BCUT2D eigenvalue weighted by Gasteiger charge is -2.26. The summed E-state index contributed by atoms with van der Waals surface area (Å²) in [6.07, 6.45) is 4.56. The summed E-state index contributed by atoms with van der Waals surface area (Å²) in [6, 6.07) is 17.4. The van der Waals surface area contributed by atoms with Crippen molar-refractivity contribution in [2.24, 2.45) is 5.92 Å². The highest BCUT2D eigenvalue weighted by molar-refractivity contribution is 8.15. The molecule has 1 N–H and O–H groups in total. The normalized spacial score (nSPS) is 23.4. The number of hydrogen-bond acceptors (Lipinski definition) is 3. The summed E-state index contributed by atoms with van der Waals surface area (Å²) in [6.45, 7) is 2.04. The summed E-state index contributed by atoms with van der Waals surface area (Å²) < 4.78 is 0. The molecule has 4 heteroatoms. The average Bonchev–Trinajstić information content (AvgIpc) is 2.99. The Morgan fingerprint density at radius 3 is 2.65 bits per heavy atom. The van der Waals surface area contributed by atoms with Gasteiger partial charge in [-0.05, 0) is 53.9 Å². The molecular weight excluding hydrogens is 342 g/mol. The molecular formula is C22H23NO2S. The first-order valence-corrected chi connectivity index (χ1v) is 10.1. The Bertz CT molecular complexity index is 833. The van der Waals surface area contributed by atoms with Gasteiger partial charge in [-0.1, -0.05) is 67.2 Å². The van der Waals surface area contributed by atoms with Crippen LogP contribution >= 0.6 is 11.8 Å². The lowest BCUT2D eigenvalue weighted by atomic mass is 9.79. The maximum Gasteiger partial charge on any atom is 0.286 e. The summed E-state index contributed by atoms with van der Waals surface area (Å²) in [5, 5.41) is 1.86. The van der Waals surface area contributed by atoms with Gasteiger partial charge in [0.1, 0.15) is 0 Å². The van der Waals surface area contributed by atoms with Crippen LogP contribution in [-0.2, 0) is 24.1 Å². The molecule has 3 unspecified atom stereocenters. The van der Waals surface area contributed by atoms with E-state index < -0.39 is 0 Å². The molecule has 1 heterocycles. The fourth-order valence-electron chi connectivity index (χ4n) is 4.13. The second kappa shape index (κ2) is 7.28. The zero-order valence-corrected chi connectivity index (χ0v) is 15.7. The van der Waals surface area contributed by atoms with E-state index in [4.69, 9.17) is 0 Å². The molecule has 2 amide bonds. The van der Waals surface area contributed by atoms with E-state index in [1.54, 1.807) is 0 Å². The molecule has 1 aliphatic heterocycles. The van der Waals surface area contributed by atoms with Gasteiger partial charge < -0.3 is 0 Å². The standard InChI is InChI=1S/C22H23NO2S/c1-14(20-21(24)23-22(25)26-20)17-9-10-18-12-16(7-8-19(18)13-17)11-15-5-3-2-4-6-15/h2-6,9-10,13-14,16,20H,7-8,11-12H2,1H3,(H,23,24,25). The molecule has 3 nitrogen and oxygen atoms in total. The molecule has 1 aliphatic carbocycles. The van der Waals surface area contributed by atoms with Gasteiger partial charge >= 0.3 is 0 Å². The molecule has 0 saturated carbocycles. The van der Waals surface area contributed by atoms with Crippen LogP contribution in [0.5, 0.6) is 0 Å². The van der Waals surface area contributed by atoms with Gasteiger partial charge in [-0.3, -0.25) is 14.9 Å². The SMILES string of the molecule is CC(c1ccc2c(c1)CCC(Cc1ccccc1)C2)C1SC(=O)NC1=O. The number of fused-ring (bicyclic) bond motifs is 1. The van der Waals surface area contributed by atoms with Crippen LogP contribution in [0.3, 0.4) is 0 Å². The summed E-state index contributed by atoms with van der Waals surface area (Å²) in [5.74, 6) is 0.578. The molecule has 2 aliphatic rings. The van der Waals surface area contributed by atoms with Crippen LogP contribution in [-0.4, -0.2) is 16.4 Å². The highest BCUT2D eigenvalue weighted by Gasteiger charge is 2.36. The van der Waals surface area contributed by atoms with Gasteiger partial charge in [0.15, 0.2) is 0 Å². The highest BCUT2D eigenvalue weighted by atomic mass is 32.2. The molecule has 0 spiro atoms. The van der Waals surface area contributed by atoms with E-state index >= 15 is 0 Å². The number of amides is 2. The minimum absolute atomic E-state index is 0.0405. The maximum absolute atomic E-state index is 12.0. The maximum atomic E-state index is 12.0. The molecule has 1 fully saturated rings. The van der Waals surface area contributed by atoms with E-state index in [0.29, 0.717) is 5.92 Å². The zero-order valence-electron chi connectivity index (χ0n) is 14.9. The Morgan fingerprint density at radius 1 is 1.12 bits per heavy atom. The minimum Gasteiger partial charge on any atom is -0.286 e. The molecule has 1 saturated heterocycles. The van der Waals surface area contributed by atoms with Gasteiger partial charge in [0.2, 0.25) is 5.91 Å². The quantitative estimate of drug-likeness (QED) is 0.868. The van der Waals surface area contributed by atoms with Crippen molar-refractivity contribution in [3.05, 3.63) is 70.8 Å². The lowest BCUT2D eigenvalue weighted by molar-refractivity contribution is -0.119. The van der Waals surface area contributed by atoms with Crippen molar-refractivity contribution < 1.29 is 9.59 Å². The van der Waals surface area contributed by atoms with Crippen molar-refractivity contribution in [1.82, 2.24) is 5.32 Å². The second-order valence-electron chi connectivity index (χ2n) is 7.43. The number of imide groups is 1. The fourth-order valence-corrected chi connectivity index (χ4v) is 5.05. The monoisotopic (exact) mass is 365 g/mol. The van der Waals surface area contributed by atoms with Gasteiger partial charge in [-0.25, -0.2) is 0 Å². The molecule has 0 radical (unpaired) electrons. The van der Waals surface area contributed by atoms with Crippen molar-refractivity contribution in [3.63, 3.8) is 0 Å². The summed E-state index contributed by atoms with van der Waals surface area (Å²) in [5.41, 5.74) is 5.42. The largest absolute Gasteiger partial charge is 0.286 e.